The van der Waals surface area contributed by atoms with Crippen molar-refractivity contribution in [3.8, 4) is 0 Å². The molecular formula is C22H19ClN4O6S2. The van der Waals surface area contributed by atoms with Crippen LogP contribution in [-0.2, 0) is 9.84 Å². The van der Waals surface area contributed by atoms with Crippen molar-refractivity contribution >= 4 is 61.4 Å². The van der Waals surface area contributed by atoms with E-state index in [0.29, 0.717) is 16.4 Å². The lowest BCUT2D eigenvalue weighted by atomic mass is 9.95. The molecule has 35 heavy (non-hydrogen) atoms. The first-order valence-electron chi connectivity index (χ1n) is 10.5. The Kier molecular flexibility index (Phi) is 7.15. The van der Waals surface area contributed by atoms with Gasteiger partial charge in [0.15, 0.2) is 25.8 Å². The summed E-state index contributed by atoms with van der Waals surface area (Å²) in [5.41, 5.74) is -0.247. The highest BCUT2D eigenvalue weighted by Crippen LogP contribution is 2.33. The van der Waals surface area contributed by atoms with Gasteiger partial charge in [-0.1, -0.05) is 41.8 Å². The number of sulfone groups is 1. The van der Waals surface area contributed by atoms with E-state index in [9.17, 15) is 27.9 Å². The number of thiazole rings is 1. The van der Waals surface area contributed by atoms with E-state index < -0.39 is 31.7 Å². The number of amides is 2. The Morgan fingerprint density at radius 3 is 2.49 bits per heavy atom. The van der Waals surface area contributed by atoms with E-state index in [1.807, 2.05) is 0 Å². The van der Waals surface area contributed by atoms with Crippen LogP contribution in [0.5, 0.6) is 0 Å². The van der Waals surface area contributed by atoms with Gasteiger partial charge in [0, 0.05) is 22.7 Å². The number of carbonyl (C=O) groups excluding carboxylic acids is 2. The molecule has 1 fully saturated rings. The molecule has 4 rings (SSSR count). The van der Waals surface area contributed by atoms with Crippen LogP contribution >= 0.6 is 22.9 Å². The number of carboxylic acids is 1. The number of hydrogen-bond acceptors (Lipinski definition) is 8. The molecule has 182 valence electrons. The summed E-state index contributed by atoms with van der Waals surface area (Å²) in [6, 6.07) is 7.86. The van der Waals surface area contributed by atoms with Crippen LogP contribution < -0.4 is 10.6 Å². The number of aromatic nitrogens is 2. The molecule has 3 N–H and O–H groups in total. The number of carbonyl (C=O) groups is 3. The Balaban J connectivity index is 1.58. The molecule has 1 aromatic carbocycles. The predicted molar refractivity (Wildman–Crippen MR) is 129 cm³/mol. The first kappa shape index (κ1) is 24.8. The Morgan fingerprint density at radius 1 is 1.09 bits per heavy atom. The van der Waals surface area contributed by atoms with Crippen LogP contribution in [0.1, 0.15) is 46.5 Å². The third-order valence-electron chi connectivity index (χ3n) is 5.40. The lowest BCUT2D eigenvalue weighted by Crippen LogP contribution is -2.22. The number of nitrogens with zero attached hydrogens (tertiary/aromatic N) is 2. The fraction of sp³-hybridized carbons (Fsp3) is 0.227. The molecule has 0 saturated heterocycles. The SMILES string of the molecule is O=C(Nc1nc(C(=O)O)c(S(=O)(=O)c2ccccn2)s1)Nc1ccc(Cl)cc1C(=O)C1CCCC1. The highest BCUT2D eigenvalue weighted by Gasteiger charge is 2.31. The van der Waals surface area contributed by atoms with Crippen molar-refractivity contribution in [1.29, 1.82) is 0 Å². The molecule has 0 atom stereocenters. The molecular weight excluding hydrogens is 516 g/mol. The van der Waals surface area contributed by atoms with Crippen molar-refractivity contribution in [2.45, 2.75) is 34.9 Å². The summed E-state index contributed by atoms with van der Waals surface area (Å²) in [6.45, 7) is 0. The molecule has 1 aliphatic carbocycles. The quantitative estimate of drug-likeness (QED) is 0.367. The number of pyridine rings is 1. The fourth-order valence-electron chi connectivity index (χ4n) is 3.77. The number of benzene rings is 1. The Bertz CT molecular complexity index is 1400. The average molecular weight is 535 g/mol. The molecule has 1 aliphatic rings. The molecule has 13 heteroatoms. The van der Waals surface area contributed by atoms with E-state index in [1.54, 1.807) is 0 Å². The second-order valence-corrected chi connectivity index (χ2v) is 11.3. The van der Waals surface area contributed by atoms with Gasteiger partial charge in [0.25, 0.3) is 0 Å². The minimum atomic E-state index is -4.29. The maximum absolute atomic E-state index is 12.9. The van der Waals surface area contributed by atoms with E-state index in [4.69, 9.17) is 11.6 Å². The smallest absolute Gasteiger partial charge is 0.356 e. The number of urea groups is 1. The normalized spacial score (nSPS) is 14.0. The highest BCUT2D eigenvalue weighted by molar-refractivity contribution is 7.93. The van der Waals surface area contributed by atoms with Gasteiger partial charge in [-0.05, 0) is 43.2 Å². The highest BCUT2D eigenvalue weighted by atomic mass is 35.5. The van der Waals surface area contributed by atoms with Gasteiger partial charge in [-0.15, -0.1) is 0 Å². The molecule has 10 nitrogen and oxygen atoms in total. The lowest BCUT2D eigenvalue weighted by Gasteiger charge is -2.14. The van der Waals surface area contributed by atoms with E-state index in [1.165, 1.54) is 42.6 Å². The van der Waals surface area contributed by atoms with Crippen molar-refractivity contribution < 1.29 is 27.9 Å². The Hall–Kier alpha value is -3.35. The zero-order chi connectivity index (χ0) is 25.2. The van der Waals surface area contributed by atoms with Gasteiger partial charge in [0.05, 0.1) is 5.69 Å². The second kappa shape index (κ2) is 10.1. The van der Waals surface area contributed by atoms with Crippen LogP contribution in [0, 0.1) is 5.92 Å². The van der Waals surface area contributed by atoms with Gasteiger partial charge in [-0.2, -0.15) is 0 Å². The van der Waals surface area contributed by atoms with Crippen molar-refractivity contribution in [2.24, 2.45) is 5.92 Å². The van der Waals surface area contributed by atoms with Crippen LogP contribution in [0.25, 0.3) is 0 Å². The van der Waals surface area contributed by atoms with Gasteiger partial charge >= 0.3 is 12.0 Å². The number of hydrogen-bond donors (Lipinski definition) is 3. The molecule has 2 amide bonds. The maximum atomic E-state index is 12.9. The zero-order valence-corrected chi connectivity index (χ0v) is 20.4. The zero-order valence-electron chi connectivity index (χ0n) is 18.0. The van der Waals surface area contributed by atoms with E-state index >= 15 is 0 Å². The molecule has 1 saturated carbocycles. The standard InChI is InChI=1S/C22H19ClN4O6S2/c23-13-8-9-15(14(11-13)18(28)12-5-1-2-6-12)25-21(31)27-22-26-17(19(29)30)20(34-22)35(32,33)16-7-3-4-10-24-16/h3-4,7-12H,1-2,5-6H2,(H,29,30)(H2,25,26,27,31). The summed E-state index contributed by atoms with van der Waals surface area (Å²) in [5, 5.41) is 14.1. The number of aromatic carboxylic acids is 1. The number of halogens is 1. The number of anilines is 2. The van der Waals surface area contributed by atoms with Gasteiger partial charge in [0.2, 0.25) is 9.84 Å². The van der Waals surface area contributed by atoms with Crippen LogP contribution in [0.15, 0.2) is 51.8 Å². The van der Waals surface area contributed by atoms with Crippen molar-refractivity contribution in [3.63, 3.8) is 0 Å². The molecule has 2 aromatic heterocycles. The number of carboxylic acid groups (broad SMARTS) is 1. The fourth-order valence-corrected chi connectivity index (χ4v) is 6.59. The van der Waals surface area contributed by atoms with E-state index in [-0.39, 0.29) is 33.1 Å². The molecule has 3 aromatic rings. The van der Waals surface area contributed by atoms with E-state index in [0.717, 1.165) is 25.7 Å². The number of Topliss-reactive ketones (excluding diaryl/α,β-unsaturated/α-hetero) is 1. The minimum Gasteiger partial charge on any atom is -0.476 e. The summed E-state index contributed by atoms with van der Waals surface area (Å²) in [4.78, 5) is 44.8. The summed E-state index contributed by atoms with van der Waals surface area (Å²) in [6.07, 6.45) is 4.71. The van der Waals surface area contributed by atoms with Gasteiger partial charge in [-0.3, -0.25) is 10.1 Å². The monoisotopic (exact) mass is 534 g/mol. The van der Waals surface area contributed by atoms with Crippen LogP contribution in [0.2, 0.25) is 5.02 Å². The summed E-state index contributed by atoms with van der Waals surface area (Å²) >= 11 is 6.55. The Labute approximate surface area is 209 Å². The van der Waals surface area contributed by atoms with E-state index in [2.05, 4.69) is 20.6 Å². The van der Waals surface area contributed by atoms with Crippen molar-refractivity contribution in [1.82, 2.24) is 9.97 Å². The molecule has 0 radical (unpaired) electrons. The molecule has 0 unspecified atom stereocenters. The van der Waals surface area contributed by atoms with Crippen LogP contribution in [-0.4, -0.2) is 41.3 Å². The molecule has 2 heterocycles. The van der Waals surface area contributed by atoms with Gasteiger partial charge in [0.1, 0.15) is 0 Å². The first-order valence-corrected chi connectivity index (χ1v) is 13.2. The van der Waals surface area contributed by atoms with Crippen LogP contribution in [0.3, 0.4) is 0 Å². The third kappa shape index (κ3) is 5.34. The minimum absolute atomic E-state index is 0.119. The maximum Gasteiger partial charge on any atom is 0.356 e. The summed E-state index contributed by atoms with van der Waals surface area (Å²) in [5.74, 6) is -1.84. The van der Waals surface area contributed by atoms with Crippen molar-refractivity contribution in [2.75, 3.05) is 10.6 Å². The Morgan fingerprint density at radius 2 is 1.83 bits per heavy atom. The molecule has 0 aliphatic heterocycles. The predicted octanol–water partition coefficient (Wildman–Crippen LogP) is 4.74. The number of nitrogens with one attached hydrogen (secondary N) is 2. The van der Waals surface area contributed by atoms with Crippen LogP contribution in [0.4, 0.5) is 15.6 Å². The lowest BCUT2D eigenvalue weighted by molar-refractivity contribution is 0.0687. The number of ketones is 1. The largest absolute Gasteiger partial charge is 0.476 e. The van der Waals surface area contributed by atoms with Gasteiger partial charge in [-0.25, -0.2) is 28.0 Å². The molecule has 0 spiro atoms. The second-order valence-electron chi connectivity index (χ2n) is 7.75. The van der Waals surface area contributed by atoms with Gasteiger partial charge < -0.3 is 10.4 Å². The topological polar surface area (TPSA) is 155 Å². The number of rotatable bonds is 7. The summed E-state index contributed by atoms with van der Waals surface area (Å²) in [7, 11) is -4.29. The third-order valence-corrected chi connectivity index (χ3v) is 8.78. The summed E-state index contributed by atoms with van der Waals surface area (Å²) < 4.78 is 25.2. The average Bonchev–Trinajstić information content (AvgIpc) is 3.51. The molecule has 0 bridgehead atoms. The first-order chi connectivity index (χ1) is 16.7. The van der Waals surface area contributed by atoms with Crippen molar-refractivity contribution in [3.05, 3.63) is 58.9 Å².